The van der Waals surface area contributed by atoms with Gasteiger partial charge in [0.1, 0.15) is 5.76 Å². The Morgan fingerprint density at radius 1 is 1.00 bits per heavy atom. The van der Waals surface area contributed by atoms with Crippen LogP contribution in [0.25, 0.3) is 0 Å². The van der Waals surface area contributed by atoms with Crippen molar-refractivity contribution in [2.24, 2.45) is 5.10 Å². The minimum atomic E-state index is -0.594. The topological polar surface area (TPSA) is 126 Å². The van der Waals surface area contributed by atoms with E-state index in [2.05, 4.69) is 26.4 Å². The van der Waals surface area contributed by atoms with Gasteiger partial charge in [-0.1, -0.05) is 23.7 Å². The first-order valence-corrected chi connectivity index (χ1v) is 10.6. The number of carbonyl (C=O) groups excluding carboxylic acids is 3. The van der Waals surface area contributed by atoms with E-state index in [1.807, 2.05) is 0 Å². The third-order valence-electron chi connectivity index (χ3n) is 5.17. The zero-order chi connectivity index (χ0) is 23.4. The van der Waals surface area contributed by atoms with Gasteiger partial charge in [-0.05, 0) is 44.0 Å². The molecule has 1 aliphatic rings. The predicted molar refractivity (Wildman–Crippen MR) is 121 cm³/mol. The van der Waals surface area contributed by atoms with Crippen LogP contribution in [0.2, 0.25) is 5.02 Å². The van der Waals surface area contributed by atoms with Crippen LogP contribution in [-0.4, -0.2) is 28.4 Å². The lowest BCUT2D eigenvalue weighted by atomic mass is 9.93. The first-order valence-electron chi connectivity index (χ1n) is 10.2. The number of benzene rings is 1. The largest absolute Gasteiger partial charge is 0.455 e. The highest BCUT2D eigenvalue weighted by atomic mass is 35.5. The summed E-state index contributed by atoms with van der Waals surface area (Å²) in [6.45, 7) is 1.73. The summed E-state index contributed by atoms with van der Waals surface area (Å²) < 4.78 is 5.79. The molecular formula is C23H20ClN5O4. The van der Waals surface area contributed by atoms with Crippen molar-refractivity contribution in [2.45, 2.75) is 26.2 Å². The molecule has 1 aromatic carbocycles. The number of hydrazine groups is 1. The number of carbonyl (C=O) groups is 3. The molecule has 2 aromatic heterocycles. The van der Waals surface area contributed by atoms with E-state index in [0.29, 0.717) is 51.6 Å². The number of hydrogen-bond acceptors (Lipinski definition) is 6. The standard InChI is InChI=1S/C23H20ClN5O4/c1-13-19-17(26-28-22(31)15-5-2-3-6-16(15)24)7-4-8-18(19)33-20(13)23(32)29-27-21(30)14-9-11-25-12-10-14/h2-3,5-6,9-12H,4,7-8H2,1H3,(H,27,30)(H,28,31)(H,29,32)/b26-17+. The van der Waals surface area contributed by atoms with Gasteiger partial charge in [-0.15, -0.1) is 0 Å². The number of aromatic nitrogens is 1. The lowest BCUT2D eigenvalue weighted by Crippen LogP contribution is -2.41. The highest BCUT2D eigenvalue weighted by molar-refractivity contribution is 6.33. The van der Waals surface area contributed by atoms with Crippen molar-refractivity contribution >= 4 is 35.0 Å². The van der Waals surface area contributed by atoms with E-state index in [1.54, 1.807) is 31.2 Å². The van der Waals surface area contributed by atoms with Crippen molar-refractivity contribution in [3.05, 3.63) is 87.6 Å². The van der Waals surface area contributed by atoms with Gasteiger partial charge in [0.05, 0.1) is 16.3 Å². The van der Waals surface area contributed by atoms with Gasteiger partial charge in [0, 0.05) is 35.5 Å². The minimum absolute atomic E-state index is 0.0714. The maximum absolute atomic E-state index is 12.7. The van der Waals surface area contributed by atoms with Crippen molar-refractivity contribution in [2.75, 3.05) is 0 Å². The van der Waals surface area contributed by atoms with Gasteiger partial charge in [0.2, 0.25) is 0 Å². The molecule has 1 aliphatic carbocycles. The third kappa shape index (κ3) is 4.78. The lowest BCUT2D eigenvalue weighted by Gasteiger charge is -2.13. The van der Waals surface area contributed by atoms with Crippen molar-refractivity contribution in [1.82, 2.24) is 21.3 Å². The van der Waals surface area contributed by atoms with Gasteiger partial charge in [-0.25, -0.2) is 5.43 Å². The molecule has 0 unspecified atom stereocenters. The van der Waals surface area contributed by atoms with E-state index in [0.717, 1.165) is 6.42 Å². The second-order valence-electron chi connectivity index (χ2n) is 7.33. The number of rotatable bonds is 4. The van der Waals surface area contributed by atoms with Gasteiger partial charge < -0.3 is 4.42 Å². The second kappa shape index (κ2) is 9.66. The summed E-state index contributed by atoms with van der Waals surface area (Å²) in [4.78, 5) is 41.1. The van der Waals surface area contributed by atoms with Gasteiger partial charge in [-0.3, -0.25) is 30.2 Å². The van der Waals surface area contributed by atoms with Crippen LogP contribution in [0, 0.1) is 6.92 Å². The summed E-state index contributed by atoms with van der Waals surface area (Å²) in [5.41, 5.74) is 9.79. The molecule has 3 aromatic rings. The normalized spacial score (nSPS) is 13.8. The molecule has 0 saturated heterocycles. The molecule has 0 atom stereocenters. The van der Waals surface area contributed by atoms with Crippen LogP contribution in [0.4, 0.5) is 0 Å². The lowest BCUT2D eigenvalue weighted by molar-refractivity contribution is 0.0829. The van der Waals surface area contributed by atoms with E-state index in [4.69, 9.17) is 16.0 Å². The number of hydrazone groups is 1. The summed E-state index contributed by atoms with van der Waals surface area (Å²) >= 11 is 6.07. The Hall–Kier alpha value is -3.98. The molecule has 9 nitrogen and oxygen atoms in total. The van der Waals surface area contributed by atoms with E-state index in [9.17, 15) is 14.4 Å². The molecule has 0 fully saturated rings. The van der Waals surface area contributed by atoms with Crippen LogP contribution in [0.1, 0.15) is 61.0 Å². The Morgan fingerprint density at radius 3 is 2.48 bits per heavy atom. The molecule has 33 heavy (non-hydrogen) atoms. The first-order chi connectivity index (χ1) is 16.0. The van der Waals surface area contributed by atoms with Crippen LogP contribution < -0.4 is 16.3 Å². The third-order valence-corrected chi connectivity index (χ3v) is 5.50. The maximum atomic E-state index is 12.7. The van der Waals surface area contributed by atoms with E-state index in [1.165, 1.54) is 24.5 Å². The summed E-state index contributed by atoms with van der Waals surface area (Å²) in [7, 11) is 0. The smallest absolute Gasteiger partial charge is 0.305 e. The number of nitrogens with one attached hydrogen (secondary N) is 3. The fourth-order valence-electron chi connectivity index (χ4n) is 3.57. The van der Waals surface area contributed by atoms with Crippen LogP contribution in [0.5, 0.6) is 0 Å². The highest BCUT2D eigenvalue weighted by Gasteiger charge is 2.28. The molecule has 3 amide bonds. The first kappa shape index (κ1) is 22.2. The monoisotopic (exact) mass is 465 g/mol. The number of halogens is 1. The number of hydrogen-bond donors (Lipinski definition) is 3. The van der Waals surface area contributed by atoms with Crippen LogP contribution in [-0.2, 0) is 6.42 Å². The number of amides is 3. The molecule has 168 valence electrons. The molecule has 0 saturated carbocycles. The van der Waals surface area contributed by atoms with Gasteiger partial charge in [-0.2, -0.15) is 5.10 Å². The molecule has 10 heteroatoms. The molecule has 0 aliphatic heterocycles. The summed E-state index contributed by atoms with van der Waals surface area (Å²) in [6, 6.07) is 9.73. The average Bonchev–Trinajstić information content (AvgIpc) is 3.18. The summed E-state index contributed by atoms with van der Waals surface area (Å²) in [5.74, 6) is -0.830. The highest BCUT2D eigenvalue weighted by Crippen LogP contribution is 2.29. The Labute approximate surface area is 194 Å². The van der Waals surface area contributed by atoms with E-state index < -0.39 is 17.7 Å². The molecular weight excluding hydrogens is 446 g/mol. The Morgan fingerprint density at radius 2 is 1.73 bits per heavy atom. The molecule has 0 radical (unpaired) electrons. The second-order valence-corrected chi connectivity index (χ2v) is 7.74. The summed E-state index contributed by atoms with van der Waals surface area (Å²) in [5, 5.41) is 4.61. The Balaban J connectivity index is 1.49. The van der Waals surface area contributed by atoms with Crippen LogP contribution in [0.3, 0.4) is 0 Å². The van der Waals surface area contributed by atoms with Crippen molar-refractivity contribution in [3.8, 4) is 0 Å². The number of aryl methyl sites for hydroxylation is 1. The number of fused-ring (bicyclic) bond motifs is 1. The number of pyridine rings is 1. The molecule has 0 bridgehead atoms. The fourth-order valence-corrected chi connectivity index (χ4v) is 3.79. The predicted octanol–water partition coefficient (Wildman–Crippen LogP) is 3.18. The van der Waals surface area contributed by atoms with E-state index >= 15 is 0 Å². The maximum Gasteiger partial charge on any atom is 0.305 e. The summed E-state index contributed by atoms with van der Waals surface area (Å²) in [6.07, 6.45) is 4.95. The van der Waals surface area contributed by atoms with Crippen LogP contribution >= 0.6 is 11.6 Å². The fraction of sp³-hybridized carbons (Fsp3) is 0.174. The molecule has 0 spiro atoms. The average molecular weight is 466 g/mol. The SMILES string of the molecule is Cc1c(C(=O)NNC(=O)c2ccncc2)oc2c1/C(=N/NC(=O)c1ccccc1Cl)CCC2. The zero-order valence-electron chi connectivity index (χ0n) is 17.6. The molecule has 4 rings (SSSR count). The number of furan rings is 1. The zero-order valence-corrected chi connectivity index (χ0v) is 18.4. The van der Waals surface area contributed by atoms with Crippen LogP contribution in [0.15, 0.2) is 58.3 Å². The van der Waals surface area contributed by atoms with Crippen molar-refractivity contribution in [3.63, 3.8) is 0 Å². The van der Waals surface area contributed by atoms with Gasteiger partial charge in [0.25, 0.3) is 11.8 Å². The van der Waals surface area contributed by atoms with Gasteiger partial charge in [0.15, 0.2) is 5.76 Å². The van der Waals surface area contributed by atoms with Crippen molar-refractivity contribution < 1.29 is 18.8 Å². The number of nitrogens with zero attached hydrogens (tertiary/aromatic N) is 2. The quantitative estimate of drug-likeness (QED) is 0.510. The van der Waals surface area contributed by atoms with E-state index in [-0.39, 0.29) is 5.76 Å². The Bertz CT molecular complexity index is 1250. The molecule has 3 N–H and O–H groups in total. The van der Waals surface area contributed by atoms with Gasteiger partial charge >= 0.3 is 5.91 Å². The molecule has 2 heterocycles. The minimum Gasteiger partial charge on any atom is -0.455 e. The van der Waals surface area contributed by atoms with Crippen molar-refractivity contribution in [1.29, 1.82) is 0 Å². The Kier molecular flexibility index (Phi) is 6.50.